The van der Waals surface area contributed by atoms with E-state index in [4.69, 9.17) is 4.74 Å². The third-order valence-electron chi connectivity index (χ3n) is 8.52. The molecule has 0 saturated carbocycles. The van der Waals surface area contributed by atoms with Gasteiger partial charge in [-0.05, 0) is 38.8 Å². The first-order chi connectivity index (χ1) is 17.1. The lowest BCUT2D eigenvalue weighted by molar-refractivity contribution is -0.146. The first kappa shape index (κ1) is 29.6. The SMILES string of the molecule is CC(=Cc1csc(C)n1)[C@@H]1CC2O[C@]2(C)CCC(=O)[C@H](C)[C@H](O)[C@@H](C)C(=O)C(C)(C)[C@@H](O)CC(=O)N1C. The first-order valence-corrected chi connectivity index (χ1v) is 13.9. The summed E-state index contributed by atoms with van der Waals surface area (Å²) in [5.74, 6) is -2.38. The molecule has 9 heteroatoms. The van der Waals surface area contributed by atoms with Gasteiger partial charge in [-0.1, -0.05) is 27.7 Å². The Morgan fingerprint density at radius 1 is 1.19 bits per heavy atom. The summed E-state index contributed by atoms with van der Waals surface area (Å²) in [4.78, 5) is 45.8. The first-order valence-electron chi connectivity index (χ1n) is 13.1. The second-order valence-corrected chi connectivity index (χ2v) is 12.8. The van der Waals surface area contributed by atoms with Crippen molar-refractivity contribution >= 4 is 34.9 Å². The van der Waals surface area contributed by atoms with Crippen LogP contribution in [0.5, 0.6) is 0 Å². The molecule has 3 rings (SSSR count). The van der Waals surface area contributed by atoms with Crippen LogP contribution in [0.1, 0.15) is 77.9 Å². The Balaban J connectivity index is 1.95. The Kier molecular flexibility index (Phi) is 8.84. The van der Waals surface area contributed by atoms with E-state index in [1.807, 2.05) is 32.2 Å². The number of aliphatic hydroxyl groups is 2. The second-order valence-electron chi connectivity index (χ2n) is 11.7. The van der Waals surface area contributed by atoms with Crippen LogP contribution in [-0.4, -0.2) is 74.6 Å². The van der Waals surface area contributed by atoms with Crippen molar-refractivity contribution in [3.05, 3.63) is 21.7 Å². The molecule has 0 spiro atoms. The maximum atomic E-state index is 13.4. The highest BCUT2D eigenvalue weighted by Gasteiger charge is 2.53. The van der Waals surface area contributed by atoms with E-state index < -0.39 is 35.1 Å². The molecule has 0 bridgehead atoms. The number of aromatic nitrogens is 1. The molecule has 0 radical (unpaired) electrons. The maximum absolute atomic E-state index is 13.4. The standard InChI is InChI=1S/C28H42N2O6S/c1-15(11-19-14-37-18(4)29-19)20-12-23-28(7,36-23)10-9-21(31)16(2)25(34)17(3)26(35)27(5,6)22(32)13-24(33)30(20)8/h11,14,16-17,20,22-23,25,32,34H,9-10,12-13H2,1-8H3/t16-,17+,20-,22-,23?,25-,28+/m0/s1. The van der Waals surface area contributed by atoms with Crippen molar-refractivity contribution in [2.24, 2.45) is 17.3 Å². The van der Waals surface area contributed by atoms with E-state index in [1.54, 1.807) is 51.0 Å². The lowest BCUT2D eigenvalue weighted by atomic mass is 9.72. The van der Waals surface area contributed by atoms with Gasteiger partial charge in [-0.25, -0.2) is 4.98 Å². The molecule has 7 atom stereocenters. The predicted molar refractivity (Wildman–Crippen MR) is 143 cm³/mol. The van der Waals surface area contributed by atoms with Gasteiger partial charge in [-0.3, -0.25) is 14.4 Å². The normalized spacial score (nSPS) is 36.4. The van der Waals surface area contributed by atoms with E-state index in [0.29, 0.717) is 12.8 Å². The molecule has 206 valence electrons. The largest absolute Gasteiger partial charge is 0.392 e. The summed E-state index contributed by atoms with van der Waals surface area (Å²) in [6.07, 6.45) is 0.416. The molecule has 0 aromatic carbocycles. The van der Waals surface area contributed by atoms with Crippen molar-refractivity contribution in [2.75, 3.05) is 7.05 Å². The molecule has 1 amide bonds. The number of amides is 1. The van der Waals surface area contributed by atoms with E-state index >= 15 is 0 Å². The molecule has 37 heavy (non-hydrogen) atoms. The summed E-state index contributed by atoms with van der Waals surface area (Å²) in [6.45, 7) is 12.3. The number of nitrogens with zero attached hydrogens (tertiary/aromatic N) is 2. The van der Waals surface area contributed by atoms with Crippen LogP contribution in [0.3, 0.4) is 0 Å². The summed E-state index contributed by atoms with van der Waals surface area (Å²) in [5.41, 5.74) is -0.0225. The summed E-state index contributed by atoms with van der Waals surface area (Å²) < 4.78 is 6.05. The average Bonchev–Trinajstić information content (AvgIpc) is 3.30. The number of ether oxygens (including phenoxy) is 1. The van der Waals surface area contributed by atoms with Crippen molar-refractivity contribution in [2.45, 2.75) is 104 Å². The second kappa shape index (κ2) is 11.0. The van der Waals surface area contributed by atoms with Crippen molar-refractivity contribution < 1.29 is 29.3 Å². The molecule has 1 aromatic heterocycles. The zero-order chi connectivity index (χ0) is 27.9. The van der Waals surface area contributed by atoms with E-state index in [0.717, 1.165) is 16.3 Å². The quantitative estimate of drug-likeness (QED) is 0.557. The number of aliphatic hydroxyl groups excluding tert-OH is 2. The topological polar surface area (TPSA) is 120 Å². The number of aryl methyl sites for hydroxylation is 1. The smallest absolute Gasteiger partial charge is 0.225 e. The molecule has 1 aromatic rings. The van der Waals surface area contributed by atoms with E-state index in [1.165, 1.54) is 0 Å². The van der Waals surface area contributed by atoms with Gasteiger partial charge in [0.1, 0.15) is 11.6 Å². The number of carbonyl (C=O) groups excluding carboxylic acids is 3. The van der Waals surface area contributed by atoms with Gasteiger partial charge in [0.05, 0.1) is 52.5 Å². The number of Topliss-reactive ketones (excluding diaryl/α,β-unsaturated/α-hetero) is 2. The molecule has 2 aliphatic heterocycles. The van der Waals surface area contributed by atoms with Crippen molar-refractivity contribution in [1.82, 2.24) is 9.88 Å². The van der Waals surface area contributed by atoms with Crippen molar-refractivity contribution in [3.8, 4) is 0 Å². The van der Waals surface area contributed by atoms with E-state index in [9.17, 15) is 24.6 Å². The van der Waals surface area contributed by atoms with Crippen LogP contribution in [0, 0.1) is 24.2 Å². The Morgan fingerprint density at radius 2 is 1.84 bits per heavy atom. The molecule has 2 saturated heterocycles. The van der Waals surface area contributed by atoms with Gasteiger partial charge in [0.2, 0.25) is 5.91 Å². The molecular formula is C28H42N2O6S. The van der Waals surface area contributed by atoms with Gasteiger partial charge in [0.15, 0.2) is 0 Å². The molecular weight excluding hydrogens is 492 g/mol. The minimum Gasteiger partial charge on any atom is -0.392 e. The Hall–Kier alpha value is -1.94. The number of fused-ring (bicyclic) bond motifs is 1. The third-order valence-corrected chi connectivity index (χ3v) is 9.31. The number of carbonyl (C=O) groups is 3. The number of rotatable bonds is 2. The zero-order valence-corrected chi connectivity index (χ0v) is 24.1. The fourth-order valence-corrected chi connectivity index (χ4v) is 5.87. The van der Waals surface area contributed by atoms with Crippen LogP contribution in [-0.2, 0) is 19.1 Å². The number of hydrogen-bond acceptors (Lipinski definition) is 8. The summed E-state index contributed by atoms with van der Waals surface area (Å²) in [6, 6.07) is -0.310. The number of thiazole rings is 1. The van der Waals surface area contributed by atoms with Gasteiger partial charge >= 0.3 is 0 Å². The predicted octanol–water partition coefficient (Wildman–Crippen LogP) is 3.57. The highest BCUT2D eigenvalue weighted by atomic mass is 32.1. The summed E-state index contributed by atoms with van der Waals surface area (Å²) in [7, 11) is 1.71. The molecule has 3 heterocycles. The summed E-state index contributed by atoms with van der Waals surface area (Å²) in [5, 5.41) is 24.8. The Morgan fingerprint density at radius 3 is 2.43 bits per heavy atom. The molecule has 8 nitrogen and oxygen atoms in total. The number of epoxide rings is 1. The molecule has 2 fully saturated rings. The van der Waals surface area contributed by atoms with Crippen molar-refractivity contribution in [1.29, 1.82) is 0 Å². The molecule has 0 aliphatic carbocycles. The average molecular weight is 535 g/mol. The lowest BCUT2D eigenvalue weighted by Crippen LogP contribution is -2.48. The van der Waals surface area contributed by atoms with Gasteiger partial charge in [0, 0.05) is 37.1 Å². The number of ketones is 2. The van der Waals surface area contributed by atoms with Gasteiger partial charge in [0.25, 0.3) is 0 Å². The van der Waals surface area contributed by atoms with Crippen molar-refractivity contribution in [3.63, 3.8) is 0 Å². The maximum Gasteiger partial charge on any atom is 0.225 e. The number of likely N-dealkylation sites (N-methyl/N-ethyl adjacent to an activating group) is 1. The van der Waals surface area contributed by atoms with Crippen LogP contribution in [0.15, 0.2) is 11.0 Å². The van der Waals surface area contributed by atoms with Crippen LogP contribution in [0.25, 0.3) is 6.08 Å². The molecule has 2 N–H and O–H groups in total. The third kappa shape index (κ3) is 6.38. The van der Waals surface area contributed by atoms with Crippen LogP contribution in [0.2, 0.25) is 0 Å². The van der Waals surface area contributed by atoms with Crippen LogP contribution in [0.4, 0.5) is 0 Å². The highest BCUT2D eigenvalue weighted by Crippen LogP contribution is 2.45. The molecule has 2 aliphatic rings. The van der Waals surface area contributed by atoms with Crippen LogP contribution >= 0.6 is 11.3 Å². The fourth-order valence-electron chi connectivity index (χ4n) is 5.30. The minimum atomic E-state index is -1.28. The summed E-state index contributed by atoms with van der Waals surface area (Å²) >= 11 is 1.55. The highest BCUT2D eigenvalue weighted by molar-refractivity contribution is 7.09. The fraction of sp³-hybridized carbons (Fsp3) is 0.714. The van der Waals surface area contributed by atoms with E-state index in [2.05, 4.69) is 4.98 Å². The zero-order valence-electron chi connectivity index (χ0n) is 23.3. The Labute approximate surface area is 224 Å². The van der Waals surface area contributed by atoms with Gasteiger partial charge < -0.3 is 19.8 Å². The Bertz CT molecular complexity index is 1060. The number of hydrogen-bond donors (Lipinski definition) is 2. The van der Waals surface area contributed by atoms with Gasteiger partial charge in [-0.15, -0.1) is 11.3 Å². The van der Waals surface area contributed by atoms with Gasteiger partial charge in [-0.2, -0.15) is 0 Å². The molecule has 1 unspecified atom stereocenters. The minimum absolute atomic E-state index is 0.119. The van der Waals surface area contributed by atoms with E-state index in [-0.39, 0.29) is 42.5 Å². The van der Waals surface area contributed by atoms with Crippen LogP contribution < -0.4 is 0 Å². The monoisotopic (exact) mass is 534 g/mol. The lowest BCUT2D eigenvalue weighted by Gasteiger charge is -2.36.